The fourth-order valence-corrected chi connectivity index (χ4v) is 3.01. The molecule has 142 valence electrons. The molecule has 28 heavy (non-hydrogen) atoms. The molecule has 0 spiro atoms. The van der Waals surface area contributed by atoms with Crippen LogP contribution in [0.5, 0.6) is 0 Å². The van der Waals surface area contributed by atoms with Gasteiger partial charge in [-0.1, -0.05) is 48.0 Å². The highest BCUT2D eigenvalue weighted by Crippen LogP contribution is 2.19. The van der Waals surface area contributed by atoms with Gasteiger partial charge in [0.25, 0.3) is 11.5 Å². The Morgan fingerprint density at radius 1 is 1.07 bits per heavy atom. The summed E-state index contributed by atoms with van der Waals surface area (Å²) < 4.78 is 2.06. The Kier molecular flexibility index (Phi) is 4.83. The topological polar surface area (TPSA) is 86.0 Å². The smallest absolute Gasteiger partial charge is 0.348 e. The van der Waals surface area contributed by atoms with E-state index in [0.717, 1.165) is 22.1 Å². The number of aromatic nitrogens is 3. The van der Waals surface area contributed by atoms with Crippen LogP contribution >= 0.6 is 11.6 Å². The number of nitrogens with zero attached hydrogens (tertiary/aromatic N) is 3. The molecule has 0 saturated heterocycles. The Balaban J connectivity index is 1.88. The molecule has 1 heterocycles. The van der Waals surface area contributed by atoms with Crippen LogP contribution in [0.2, 0.25) is 5.02 Å². The molecule has 7 nitrogen and oxygen atoms in total. The van der Waals surface area contributed by atoms with Crippen LogP contribution in [0.1, 0.15) is 28.9 Å². The monoisotopic (exact) mass is 396 g/mol. The summed E-state index contributed by atoms with van der Waals surface area (Å²) in [6.45, 7) is -0.0591. The zero-order valence-electron chi connectivity index (χ0n) is 14.8. The summed E-state index contributed by atoms with van der Waals surface area (Å²) >= 11 is 6.20. The summed E-state index contributed by atoms with van der Waals surface area (Å²) in [4.78, 5) is 38.5. The third kappa shape index (κ3) is 3.61. The van der Waals surface area contributed by atoms with Crippen molar-refractivity contribution in [3.05, 3.63) is 91.7 Å². The quantitative estimate of drug-likeness (QED) is 0.714. The van der Waals surface area contributed by atoms with Crippen molar-refractivity contribution in [2.45, 2.75) is 25.4 Å². The first kappa shape index (κ1) is 18.2. The van der Waals surface area contributed by atoms with Gasteiger partial charge in [0.1, 0.15) is 0 Å². The van der Waals surface area contributed by atoms with E-state index in [4.69, 9.17) is 11.6 Å². The van der Waals surface area contributed by atoms with Gasteiger partial charge in [-0.3, -0.25) is 14.2 Å². The van der Waals surface area contributed by atoms with Crippen molar-refractivity contribution >= 4 is 17.5 Å². The van der Waals surface area contributed by atoms with E-state index in [1.165, 1.54) is 0 Å². The number of carbonyl (C=O) groups excluding carboxylic acids is 1. The van der Waals surface area contributed by atoms with Crippen LogP contribution < -0.4 is 16.6 Å². The third-order valence-corrected chi connectivity index (χ3v) is 4.84. The molecule has 1 N–H and O–H groups in total. The van der Waals surface area contributed by atoms with Crippen LogP contribution in [-0.2, 0) is 6.54 Å². The standard InChI is InChI=1S/C20H17ClN4O3/c21-16-9-5-4-6-13(16)12-24-19(27)17(18(26)22-14-10-11-14)23-25(20(24)28)15-7-2-1-3-8-15/h1-9,14H,10-12H2,(H,22,26). The summed E-state index contributed by atoms with van der Waals surface area (Å²) in [7, 11) is 0. The van der Waals surface area contributed by atoms with E-state index in [1.54, 1.807) is 54.6 Å². The average molecular weight is 397 g/mol. The van der Waals surface area contributed by atoms with E-state index in [1.807, 2.05) is 0 Å². The molecule has 0 unspecified atom stereocenters. The van der Waals surface area contributed by atoms with E-state index in [-0.39, 0.29) is 18.3 Å². The molecule has 4 rings (SSSR count). The predicted octanol–water partition coefficient (Wildman–Crippen LogP) is 1.99. The van der Waals surface area contributed by atoms with E-state index in [2.05, 4.69) is 10.4 Å². The third-order valence-electron chi connectivity index (χ3n) is 4.47. The summed E-state index contributed by atoms with van der Waals surface area (Å²) in [6.07, 6.45) is 1.75. The molecule has 1 amide bonds. The van der Waals surface area contributed by atoms with E-state index in [9.17, 15) is 14.4 Å². The Morgan fingerprint density at radius 3 is 2.43 bits per heavy atom. The lowest BCUT2D eigenvalue weighted by Crippen LogP contribution is -2.46. The second kappa shape index (κ2) is 7.44. The lowest BCUT2D eigenvalue weighted by atomic mass is 10.2. The summed E-state index contributed by atoms with van der Waals surface area (Å²) in [5.41, 5.74) is -0.639. The number of halogens is 1. The minimum atomic E-state index is -0.741. The summed E-state index contributed by atoms with van der Waals surface area (Å²) in [5.74, 6) is -0.579. The summed E-state index contributed by atoms with van der Waals surface area (Å²) in [5, 5.41) is 7.26. The van der Waals surface area contributed by atoms with Crippen molar-refractivity contribution in [1.82, 2.24) is 19.7 Å². The van der Waals surface area contributed by atoms with Crippen molar-refractivity contribution in [2.24, 2.45) is 0 Å². The van der Waals surface area contributed by atoms with E-state index >= 15 is 0 Å². The lowest BCUT2D eigenvalue weighted by molar-refractivity contribution is 0.0941. The maximum Gasteiger partial charge on any atom is 0.352 e. The number of nitrogens with one attached hydrogen (secondary N) is 1. The number of amides is 1. The molecule has 0 bridgehead atoms. The van der Waals surface area contributed by atoms with Crippen molar-refractivity contribution in [2.75, 3.05) is 0 Å². The Labute approximate surface area is 165 Å². The van der Waals surface area contributed by atoms with Crippen LogP contribution in [0.15, 0.2) is 64.2 Å². The van der Waals surface area contributed by atoms with Crippen molar-refractivity contribution in [3.63, 3.8) is 0 Å². The van der Waals surface area contributed by atoms with E-state index < -0.39 is 17.2 Å². The van der Waals surface area contributed by atoms with Gasteiger partial charge in [-0.05, 0) is 36.6 Å². The molecule has 1 aliphatic carbocycles. The normalized spacial score (nSPS) is 13.3. The molecule has 1 saturated carbocycles. The molecule has 1 aliphatic rings. The van der Waals surface area contributed by atoms with Crippen LogP contribution in [0.4, 0.5) is 0 Å². The number of benzene rings is 2. The van der Waals surface area contributed by atoms with Gasteiger partial charge in [0, 0.05) is 11.1 Å². The highest BCUT2D eigenvalue weighted by atomic mass is 35.5. The molecule has 1 aromatic heterocycles. The highest BCUT2D eigenvalue weighted by molar-refractivity contribution is 6.31. The molecule has 1 fully saturated rings. The second-order valence-electron chi connectivity index (χ2n) is 6.61. The predicted molar refractivity (Wildman–Crippen MR) is 105 cm³/mol. The minimum absolute atomic E-state index is 0.0582. The van der Waals surface area contributed by atoms with Crippen LogP contribution in [0, 0.1) is 0 Å². The highest BCUT2D eigenvalue weighted by Gasteiger charge is 2.27. The van der Waals surface area contributed by atoms with Gasteiger partial charge in [0.2, 0.25) is 5.69 Å². The number of para-hydroxylation sites is 1. The molecule has 2 aromatic carbocycles. The van der Waals surface area contributed by atoms with Gasteiger partial charge in [0.15, 0.2) is 0 Å². The molecule has 3 aromatic rings. The fourth-order valence-electron chi connectivity index (χ4n) is 2.81. The largest absolute Gasteiger partial charge is 0.352 e. The maximum atomic E-state index is 13.0. The fraction of sp³-hybridized carbons (Fsp3) is 0.200. The van der Waals surface area contributed by atoms with Crippen molar-refractivity contribution < 1.29 is 4.79 Å². The maximum absolute atomic E-state index is 13.0. The molecule has 0 atom stereocenters. The van der Waals surface area contributed by atoms with Gasteiger partial charge >= 0.3 is 5.69 Å². The first-order valence-electron chi connectivity index (χ1n) is 8.88. The van der Waals surface area contributed by atoms with Crippen molar-refractivity contribution in [1.29, 1.82) is 0 Å². The minimum Gasteiger partial charge on any atom is -0.348 e. The van der Waals surface area contributed by atoms with E-state index in [0.29, 0.717) is 16.3 Å². The zero-order chi connectivity index (χ0) is 19.7. The molecular weight excluding hydrogens is 380 g/mol. The van der Waals surface area contributed by atoms with Gasteiger partial charge in [-0.25, -0.2) is 4.79 Å². The van der Waals surface area contributed by atoms with Gasteiger partial charge in [0.05, 0.1) is 12.2 Å². The number of rotatable bonds is 5. The molecular formula is C20H17ClN4O3. The Hall–Kier alpha value is -3.19. The number of carbonyl (C=O) groups is 1. The SMILES string of the molecule is O=C(NC1CC1)c1nn(-c2ccccc2)c(=O)n(Cc2ccccc2Cl)c1=O. The Bertz CT molecular complexity index is 1150. The van der Waals surface area contributed by atoms with Crippen molar-refractivity contribution in [3.8, 4) is 5.69 Å². The number of hydrogen-bond acceptors (Lipinski definition) is 4. The van der Waals surface area contributed by atoms with Crippen LogP contribution in [0.25, 0.3) is 5.69 Å². The molecule has 0 radical (unpaired) electrons. The first-order valence-corrected chi connectivity index (χ1v) is 9.26. The molecule has 0 aliphatic heterocycles. The average Bonchev–Trinajstić information content (AvgIpc) is 3.51. The first-order chi connectivity index (χ1) is 13.5. The van der Waals surface area contributed by atoms with Crippen LogP contribution in [-0.4, -0.2) is 26.3 Å². The van der Waals surface area contributed by atoms with Gasteiger partial charge in [-0.2, -0.15) is 9.78 Å². The zero-order valence-corrected chi connectivity index (χ0v) is 15.6. The Morgan fingerprint density at radius 2 is 1.75 bits per heavy atom. The van der Waals surface area contributed by atoms with Crippen LogP contribution in [0.3, 0.4) is 0 Å². The summed E-state index contributed by atoms with van der Waals surface area (Å²) in [6, 6.07) is 15.7. The van der Waals surface area contributed by atoms with Gasteiger partial charge < -0.3 is 5.32 Å². The van der Waals surface area contributed by atoms with Gasteiger partial charge in [-0.15, -0.1) is 0 Å². The second-order valence-corrected chi connectivity index (χ2v) is 7.02. The lowest BCUT2D eigenvalue weighted by Gasteiger charge is -2.12. The number of hydrogen-bond donors (Lipinski definition) is 1. The molecule has 8 heteroatoms.